The molecule has 1 amide bonds. The van der Waals surface area contributed by atoms with Crippen LogP contribution in [0.1, 0.15) is 36.7 Å². The predicted molar refractivity (Wildman–Crippen MR) is 96.6 cm³/mol. The molecule has 0 aliphatic carbocycles. The lowest BCUT2D eigenvalue weighted by molar-refractivity contribution is -0.123. The van der Waals surface area contributed by atoms with E-state index >= 15 is 0 Å². The van der Waals surface area contributed by atoms with E-state index < -0.39 is 30.2 Å². The number of benzene rings is 2. The van der Waals surface area contributed by atoms with Gasteiger partial charge in [-0.05, 0) is 24.1 Å². The third kappa shape index (κ3) is 4.91. The molecule has 0 fully saturated rings. The highest BCUT2D eigenvalue weighted by Crippen LogP contribution is 2.21. The number of nitrogens with zero attached hydrogens (tertiary/aromatic N) is 2. The third-order valence-corrected chi connectivity index (χ3v) is 3.90. The molecule has 0 spiro atoms. The van der Waals surface area contributed by atoms with E-state index in [1.165, 1.54) is 0 Å². The molecule has 0 saturated heterocycles. The number of ether oxygens (including phenoxy) is 1. The summed E-state index contributed by atoms with van der Waals surface area (Å²) in [6, 6.07) is 11.4. The lowest BCUT2D eigenvalue weighted by Crippen LogP contribution is -2.34. The van der Waals surface area contributed by atoms with Gasteiger partial charge < -0.3 is 14.6 Å². The lowest BCUT2D eigenvalue weighted by atomic mass is 10.1. The fraction of sp³-hybridized carbons (Fsp3) is 0.250. The van der Waals surface area contributed by atoms with E-state index in [0.717, 1.165) is 24.1 Å². The van der Waals surface area contributed by atoms with Gasteiger partial charge in [-0.2, -0.15) is 4.98 Å². The molecule has 8 heteroatoms. The Labute approximate surface area is 160 Å². The average molecular weight is 387 g/mol. The quantitative estimate of drug-likeness (QED) is 0.639. The molecular formula is C20H19F2N3O3. The molecule has 0 radical (unpaired) electrons. The summed E-state index contributed by atoms with van der Waals surface area (Å²) >= 11 is 0. The van der Waals surface area contributed by atoms with Crippen molar-refractivity contribution < 1.29 is 22.8 Å². The van der Waals surface area contributed by atoms with Gasteiger partial charge in [0.05, 0.1) is 0 Å². The summed E-state index contributed by atoms with van der Waals surface area (Å²) in [5.74, 6) is -1.53. The van der Waals surface area contributed by atoms with Crippen LogP contribution in [-0.2, 0) is 11.2 Å². The Morgan fingerprint density at radius 3 is 2.71 bits per heavy atom. The predicted octanol–water partition coefficient (Wildman–Crippen LogP) is 3.58. The van der Waals surface area contributed by atoms with Crippen molar-refractivity contribution in [2.75, 3.05) is 6.61 Å². The van der Waals surface area contributed by atoms with Gasteiger partial charge in [0.25, 0.3) is 5.91 Å². The maximum absolute atomic E-state index is 13.6. The second-order valence-electron chi connectivity index (χ2n) is 6.07. The molecule has 2 aromatic carbocycles. The van der Waals surface area contributed by atoms with Crippen LogP contribution < -0.4 is 10.1 Å². The van der Waals surface area contributed by atoms with Crippen LogP contribution in [0.3, 0.4) is 0 Å². The van der Waals surface area contributed by atoms with E-state index in [-0.39, 0.29) is 5.75 Å². The summed E-state index contributed by atoms with van der Waals surface area (Å²) in [5, 5.41) is 6.72. The summed E-state index contributed by atoms with van der Waals surface area (Å²) in [4.78, 5) is 16.7. The van der Waals surface area contributed by atoms with Crippen LogP contribution in [-0.4, -0.2) is 22.7 Å². The fourth-order valence-corrected chi connectivity index (χ4v) is 2.58. The van der Waals surface area contributed by atoms with Crippen LogP contribution >= 0.6 is 0 Å². The van der Waals surface area contributed by atoms with Gasteiger partial charge in [0, 0.05) is 12.5 Å². The van der Waals surface area contributed by atoms with Gasteiger partial charge in [-0.3, -0.25) is 4.79 Å². The number of rotatable bonds is 8. The van der Waals surface area contributed by atoms with E-state index in [1.807, 2.05) is 37.3 Å². The van der Waals surface area contributed by atoms with Crippen LogP contribution in [0.5, 0.6) is 5.75 Å². The number of hydrogen-bond acceptors (Lipinski definition) is 5. The van der Waals surface area contributed by atoms with Gasteiger partial charge >= 0.3 is 0 Å². The Morgan fingerprint density at radius 2 is 2.00 bits per heavy atom. The van der Waals surface area contributed by atoms with Gasteiger partial charge in [0.15, 0.2) is 24.0 Å². The second-order valence-corrected chi connectivity index (χ2v) is 6.07. The van der Waals surface area contributed by atoms with Crippen molar-refractivity contribution >= 4 is 5.91 Å². The minimum absolute atomic E-state index is 0.211. The summed E-state index contributed by atoms with van der Waals surface area (Å²) in [6.45, 7) is 1.54. The maximum atomic E-state index is 13.6. The molecule has 1 N–H and O–H groups in total. The first-order valence-corrected chi connectivity index (χ1v) is 8.81. The SMILES string of the molecule is CCCc1nc([C@@H](NC(=O)COc2ccc(F)cc2F)c2ccccc2)no1. The standard InChI is InChI=1S/C20H19F2N3O3/c1-2-6-18-24-20(25-28-18)19(13-7-4-3-5-8-13)23-17(26)12-27-16-10-9-14(21)11-15(16)22/h3-5,7-11,19H,2,6,12H2,1H3,(H,23,26)/t19-/m0/s1. The molecule has 1 heterocycles. The van der Waals surface area contributed by atoms with Gasteiger partial charge in [-0.15, -0.1) is 0 Å². The maximum Gasteiger partial charge on any atom is 0.258 e. The zero-order valence-electron chi connectivity index (χ0n) is 15.2. The molecule has 1 aromatic heterocycles. The van der Waals surface area contributed by atoms with Crippen molar-refractivity contribution in [1.82, 2.24) is 15.5 Å². The smallest absolute Gasteiger partial charge is 0.258 e. The van der Waals surface area contributed by atoms with Crippen molar-refractivity contribution in [3.8, 4) is 5.75 Å². The highest BCUT2D eigenvalue weighted by molar-refractivity contribution is 5.78. The van der Waals surface area contributed by atoms with Gasteiger partial charge in [0.1, 0.15) is 11.9 Å². The second kappa shape index (κ2) is 9.07. The number of nitrogens with one attached hydrogen (secondary N) is 1. The first kappa shape index (κ1) is 19.5. The summed E-state index contributed by atoms with van der Waals surface area (Å²) in [7, 11) is 0. The Bertz CT molecular complexity index is 931. The summed E-state index contributed by atoms with van der Waals surface area (Å²) in [5.41, 5.74) is 0.757. The number of hydrogen-bond donors (Lipinski definition) is 1. The molecule has 3 aromatic rings. The van der Waals surface area contributed by atoms with Crippen LogP contribution in [0.4, 0.5) is 8.78 Å². The van der Waals surface area contributed by atoms with E-state index in [2.05, 4.69) is 15.5 Å². The van der Waals surface area contributed by atoms with Crippen molar-refractivity contribution in [2.24, 2.45) is 0 Å². The number of carbonyl (C=O) groups is 1. The molecule has 1 atom stereocenters. The van der Waals surface area contributed by atoms with E-state index in [1.54, 1.807) is 0 Å². The van der Waals surface area contributed by atoms with Gasteiger partial charge in [-0.25, -0.2) is 8.78 Å². The van der Waals surface area contributed by atoms with Gasteiger partial charge in [0.2, 0.25) is 5.89 Å². The Hall–Kier alpha value is -3.29. The van der Waals surface area contributed by atoms with Crippen LogP contribution in [0.25, 0.3) is 0 Å². The van der Waals surface area contributed by atoms with E-state index in [0.29, 0.717) is 24.2 Å². The van der Waals surface area contributed by atoms with Crippen LogP contribution in [0.15, 0.2) is 53.1 Å². The van der Waals surface area contributed by atoms with Crippen molar-refractivity contribution in [1.29, 1.82) is 0 Å². The number of carbonyl (C=O) groups excluding carboxylic acids is 1. The summed E-state index contributed by atoms with van der Waals surface area (Å²) < 4.78 is 37.0. The third-order valence-electron chi connectivity index (χ3n) is 3.90. The average Bonchev–Trinajstić information content (AvgIpc) is 3.15. The molecule has 0 aliphatic rings. The molecule has 0 bridgehead atoms. The number of aromatic nitrogens is 2. The molecule has 6 nitrogen and oxygen atoms in total. The minimum atomic E-state index is -0.880. The molecule has 0 aliphatic heterocycles. The molecule has 28 heavy (non-hydrogen) atoms. The van der Waals surface area contributed by atoms with Crippen LogP contribution in [0, 0.1) is 11.6 Å². The summed E-state index contributed by atoms with van der Waals surface area (Å²) in [6.07, 6.45) is 1.48. The van der Waals surface area contributed by atoms with E-state index in [4.69, 9.17) is 9.26 Å². The zero-order valence-corrected chi connectivity index (χ0v) is 15.2. The van der Waals surface area contributed by atoms with Crippen LogP contribution in [0.2, 0.25) is 0 Å². The van der Waals surface area contributed by atoms with Crippen molar-refractivity contribution in [2.45, 2.75) is 25.8 Å². The van der Waals surface area contributed by atoms with Gasteiger partial charge in [-0.1, -0.05) is 42.4 Å². The first-order valence-electron chi connectivity index (χ1n) is 8.81. The van der Waals surface area contributed by atoms with Crippen molar-refractivity contribution in [3.63, 3.8) is 0 Å². The minimum Gasteiger partial charge on any atom is -0.481 e. The number of aryl methyl sites for hydroxylation is 1. The molecule has 3 rings (SSSR count). The normalized spacial score (nSPS) is 11.8. The first-order chi connectivity index (χ1) is 13.6. The molecule has 0 saturated carbocycles. The Morgan fingerprint density at radius 1 is 1.21 bits per heavy atom. The highest BCUT2D eigenvalue weighted by atomic mass is 19.1. The fourth-order valence-electron chi connectivity index (χ4n) is 2.58. The van der Waals surface area contributed by atoms with Crippen molar-refractivity contribution in [3.05, 3.63) is 77.4 Å². The molecular weight excluding hydrogens is 368 g/mol. The Kier molecular flexibility index (Phi) is 6.31. The monoisotopic (exact) mass is 387 g/mol. The van der Waals surface area contributed by atoms with E-state index in [9.17, 15) is 13.6 Å². The lowest BCUT2D eigenvalue weighted by Gasteiger charge is -2.16. The zero-order chi connectivity index (χ0) is 19.9. The topological polar surface area (TPSA) is 77.2 Å². The number of halogens is 2. The number of amides is 1. The molecule has 146 valence electrons. The highest BCUT2D eigenvalue weighted by Gasteiger charge is 2.22. The largest absolute Gasteiger partial charge is 0.481 e. The Balaban J connectivity index is 1.72. The molecule has 0 unspecified atom stereocenters.